The molecule has 1 aliphatic heterocycles. The Labute approximate surface area is 124 Å². The Morgan fingerprint density at radius 2 is 2.33 bits per heavy atom. The van der Waals surface area contributed by atoms with Crippen molar-refractivity contribution in [3.63, 3.8) is 0 Å². The maximum absolute atomic E-state index is 12.3. The number of carbonyl (C=O) groups excluding carboxylic acids is 1. The van der Waals surface area contributed by atoms with Crippen molar-refractivity contribution in [1.82, 2.24) is 5.32 Å². The van der Waals surface area contributed by atoms with Crippen molar-refractivity contribution in [1.29, 1.82) is 5.26 Å². The highest BCUT2D eigenvalue weighted by atomic mass is 16.5. The molecule has 1 saturated heterocycles. The molecule has 21 heavy (non-hydrogen) atoms. The van der Waals surface area contributed by atoms with Crippen LogP contribution >= 0.6 is 0 Å². The lowest BCUT2D eigenvalue weighted by molar-refractivity contribution is -0.125. The summed E-state index contributed by atoms with van der Waals surface area (Å²) in [5, 5.41) is 12.0. The van der Waals surface area contributed by atoms with E-state index in [1.165, 1.54) is 0 Å². The topological polar surface area (TPSA) is 91.4 Å². The SMILES string of the molecule is CC(C)NC(=O)C1COCCN1c1ccc(N)c(C#N)c1. The van der Waals surface area contributed by atoms with Gasteiger partial charge in [0.1, 0.15) is 12.1 Å². The zero-order valence-electron chi connectivity index (χ0n) is 12.3. The number of nitriles is 1. The second-order valence-corrected chi connectivity index (χ2v) is 5.33. The second kappa shape index (κ2) is 6.46. The number of hydrogen-bond acceptors (Lipinski definition) is 5. The van der Waals surface area contributed by atoms with Gasteiger partial charge >= 0.3 is 0 Å². The van der Waals surface area contributed by atoms with Crippen LogP contribution in [0, 0.1) is 11.3 Å². The van der Waals surface area contributed by atoms with E-state index in [0.717, 1.165) is 5.69 Å². The van der Waals surface area contributed by atoms with Crippen molar-refractivity contribution in [2.24, 2.45) is 0 Å². The number of nitrogens with two attached hydrogens (primary N) is 1. The minimum Gasteiger partial charge on any atom is -0.398 e. The molecule has 0 radical (unpaired) electrons. The molecular weight excluding hydrogens is 268 g/mol. The van der Waals surface area contributed by atoms with Gasteiger partial charge in [0, 0.05) is 24.0 Å². The number of hydrogen-bond donors (Lipinski definition) is 2. The van der Waals surface area contributed by atoms with Crippen LogP contribution in [0.5, 0.6) is 0 Å². The van der Waals surface area contributed by atoms with Crippen molar-refractivity contribution < 1.29 is 9.53 Å². The molecule has 0 saturated carbocycles. The monoisotopic (exact) mass is 288 g/mol. The lowest BCUT2D eigenvalue weighted by Crippen LogP contribution is -2.55. The summed E-state index contributed by atoms with van der Waals surface area (Å²) in [5.74, 6) is -0.0694. The average molecular weight is 288 g/mol. The van der Waals surface area contributed by atoms with Gasteiger partial charge in [0.25, 0.3) is 0 Å². The molecule has 0 spiro atoms. The Morgan fingerprint density at radius 1 is 1.57 bits per heavy atom. The summed E-state index contributed by atoms with van der Waals surface area (Å²) in [6, 6.07) is 6.99. The number of anilines is 2. The molecule has 112 valence electrons. The van der Waals surface area contributed by atoms with Gasteiger partial charge in [-0.15, -0.1) is 0 Å². The Bertz CT molecular complexity index is 565. The average Bonchev–Trinajstić information content (AvgIpc) is 2.47. The van der Waals surface area contributed by atoms with E-state index in [-0.39, 0.29) is 11.9 Å². The van der Waals surface area contributed by atoms with E-state index in [2.05, 4.69) is 11.4 Å². The van der Waals surface area contributed by atoms with Gasteiger partial charge < -0.3 is 20.7 Å². The van der Waals surface area contributed by atoms with Crippen LogP contribution in [0.4, 0.5) is 11.4 Å². The molecule has 2 rings (SSSR count). The van der Waals surface area contributed by atoms with Crippen molar-refractivity contribution in [2.45, 2.75) is 25.9 Å². The highest BCUT2D eigenvalue weighted by molar-refractivity contribution is 5.86. The molecule has 1 fully saturated rings. The van der Waals surface area contributed by atoms with Gasteiger partial charge in [0.2, 0.25) is 5.91 Å². The number of benzene rings is 1. The lowest BCUT2D eigenvalue weighted by Gasteiger charge is -2.36. The minimum absolute atomic E-state index is 0.0694. The summed E-state index contributed by atoms with van der Waals surface area (Å²) in [6.07, 6.45) is 0. The van der Waals surface area contributed by atoms with Crippen LogP contribution < -0.4 is 16.0 Å². The standard InChI is InChI=1S/C15H20N4O2/c1-10(2)18-15(20)14-9-21-6-5-19(14)12-3-4-13(17)11(7-12)8-16/h3-4,7,10,14H,5-6,9,17H2,1-2H3,(H,18,20). The summed E-state index contributed by atoms with van der Waals surface area (Å²) in [5.41, 5.74) is 7.42. The van der Waals surface area contributed by atoms with Gasteiger partial charge in [0.05, 0.1) is 18.8 Å². The van der Waals surface area contributed by atoms with E-state index >= 15 is 0 Å². The number of ether oxygens (including phenoxy) is 1. The molecule has 1 unspecified atom stereocenters. The normalized spacial score (nSPS) is 18.4. The van der Waals surface area contributed by atoms with Crippen LogP contribution in [-0.4, -0.2) is 37.7 Å². The number of nitrogens with zero attached hydrogens (tertiary/aromatic N) is 2. The van der Waals surface area contributed by atoms with E-state index in [1.807, 2.05) is 24.8 Å². The van der Waals surface area contributed by atoms with Gasteiger partial charge in [-0.2, -0.15) is 5.26 Å². The van der Waals surface area contributed by atoms with Crippen LogP contribution in [0.1, 0.15) is 19.4 Å². The van der Waals surface area contributed by atoms with Gasteiger partial charge in [0.15, 0.2) is 0 Å². The van der Waals surface area contributed by atoms with Crippen LogP contribution in [0.2, 0.25) is 0 Å². The van der Waals surface area contributed by atoms with Crippen LogP contribution in [0.15, 0.2) is 18.2 Å². The molecular formula is C15H20N4O2. The zero-order chi connectivity index (χ0) is 15.4. The van der Waals surface area contributed by atoms with Crippen molar-refractivity contribution >= 4 is 17.3 Å². The Hall–Kier alpha value is -2.26. The number of nitrogens with one attached hydrogen (secondary N) is 1. The summed E-state index contributed by atoms with van der Waals surface area (Å²) in [4.78, 5) is 14.3. The van der Waals surface area contributed by atoms with E-state index in [1.54, 1.807) is 12.1 Å². The predicted molar refractivity (Wildman–Crippen MR) is 80.8 cm³/mol. The fraction of sp³-hybridized carbons (Fsp3) is 0.467. The summed E-state index contributed by atoms with van der Waals surface area (Å²) in [7, 11) is 0. The second-order valence-electron chi connectivity index (χ2n) is 5.33. The molecule has 1 atom stereocenters. The van der Waals surface area contributed by atoms with Gasteiger partial charge in [-0.05, 0) is 32.0 Å². The third-order valence-electron chi connectivity index (χ3n) is 3.35. The highest BCUT2D eigenvalue weighted by Gasteiger charge is 2.30. The fourth-order valence-electron chi connectivity index (χ4n) is 2.33. The molecule has 6 heteroatoms. The third-order valence-corrected chi connectivity index (χ3v) is 3.35. The molecule has 1 aromatic carbocycles. The smallest absolute Gasteiger partial charge is 0.245 e. The number of rotatable bonds is 3. The molecule has 6 nitrogen and oxygen atoms in total. The van der Waals surface area contributed by atoms with Crippen molar-refractivity contribution in [3.8, 4) is 6.07 Å². The van der Waals surface area contributed by atoms with Gasteiger partial charge in [-0.25, -0.2) is 0 Å². The Kier molecular flexibility index (Phi) is 4.66. The van der Waals surface area contributed by atoms with Crippen LogP contribution in [0.25, 0.3) is 0 Å². The number of amides is 1. The molecule has 0 aliphatic carbocycles. The number of nitrogen functional groups attached to an aromatic ring is 1. The summed E-state index contributed by atoms with van der Waals surface area (Å²) in [6.45, 7) is 5.33. The van der Waals surface area contributed by atoms with Crippen LogP contribution in [0.3, 0.4) is 0 Å². The fourth-order valence-corrected chi connectivity index (χ4v) is 2.33. The predicted octanol–water partition coefficient (Wildman–Crippen LogP) is 0.870. The molecule has 1 aliphatic rings. The van der Waals surface area contributed by atoms with Crippen molar-refractivity contribution in [3.05, 3.63) is 23.8 Å². The first kappa shape index (κ1) is 15.1. The van der Waals surface area contributed by atoms with Crippen LogP contribution in [-0.2, 0) is 9.53 Å². The number of morpholine rings is 1. The Morgan fingerprint density at radius 3 is 3.00 bits per heavy atom. The highest BCUT2D eigenvalue weighted by Crippen LogP contribution is 2.24. The molecule has 0 aromatic heterocycles. The first-order valence-corrected chi connectivity index (χ1v) is 6.97. The number of carbonyl (C=O) groups is 1. The summed E-state index contributed by atoms with van der Waals surface area (Å²) < 4.78 is 5.42. The molecule has 1 amide bonds. The lowest BCUT2D eigenvalue weighted by atomic mass is 10.1. The molecule has 1 heterocycles. The minimum atomic E-state index is -0.392. The van der Waals surface area contributed by atoms with Gasteiger partial charge in [-0.3, -0.25) is 4.79 Å². The molecule has 0 bridgehead atoms. The zero-order valence-corrected chi connectivity index (χ0v) is 12.3. The maximum atomic E-state index is 12.3. The molecule has 3 N–H and O–H groups in total. The maximum Gasteiger partial charge on any atom is 0.245 e. The van der Waals surface area contributed by atoms with E-state index < -0.39 is 6.04 Å². The van der Waals surface area contributed by atoms with Gasteiger partial charge in [-0.1, -0.05) is 0 Å². The first-order chi connectivity index (χ1) is 10.0. The Balaban J connectivity index is 2.26. The summed E-state index contributed by atoms with van der Waals surface area (Å²) >= 11 is 0. The van der Waals surface area contributed by atoms with E-state index in [4.69, 9.17) is 15.7 Å². The van der Waals surface area contributed by atoms with E-state index in [9.17, 15) is 4.79 Å². The first-order valence-electron chi connectivity index (χ1n) is 6.97. The molecule has 1 aromatic rings. The largest absolute Gasteiger partial charge is 0.398 e. The van der Waals surface area contributed by atoms with E-state index in [0.29, 0.717) is 31.0 Å². The van der Waals surface area contributed by atoms with Crippen molar-refractivity contribution in [2.75, 3.05) is 30.4 Å². The third kappa shape index (κ3) is 3.44. The quantitative estimate of drug-likeness (QED) is 0.805.